The van der Waals surface area contributed by atoms with Crippen LogP contribution in [0.25, 0.3) is 0 Å². The van der Waals surface area contributed by atoms with Gasteiger partial charge in [0.1, 0.15) is 11.5 Å². The van der Waals surface area contributed by atoms with Crippen molar-refractivity contribution in [1.82, 2.24) is 0 Å². The molecule has 0 fully saturated rings. The summed E-state index contributed by atoms with van der Waals surface area (Å²) in [4.78, 5) is 0. The zero-order valence-corrected chi connectivity index (χ0v) is 9.72. The summed E-state index contributed by atoms with van der Waals surface area (Å²) in [7, 11) is 0.766. The maximum absolute atomic E-state index is 11.5. The van der Waals surface area contributed by atoms with Crippen LogP contribution in [-0.4, -0.2) is 23.7 Å². The van der Waals surface area contributed by atoms with Crippen LogP contribution in [0.2, 0.25) is 0 Å². The van der Waals surface area contributed by atoms with E-state index in [1.54, 1.807) is 7.11 Å². The van der Waals surface area contributed by atoms with Gasteiger partial charge in [0.15, 0.2) is 0 Å². The van der Waals surface area contributed by atoms with Crippen molar-refractivity contribution in [2.75, 3.05) is 19.5 Å². The van der Waals surface area contributed by atoms with E-state index in [2.05, 4.69) is 0 Å². The van der Waals surface area contributed by atoms with E-state index >= 15 is 0 Å². The van der Waals surface area contributed by atoms with Crippen LogP contribution in [0.3, 0.4) is 0 Å². The lowest BCUT2D eigenvalue weighted by Crippen LogP contribution is -2.03. The summed E-state index contributed by atoms with van der Waals surface area (Å²) in [5, 5.41) is 0. The number of furan rings is 1. The van der Waals surface area contributed by atoms with E-state index in [4.69, 9.17) is 14.9 Å². The standard InChI is InChI=1S/C10H17NO3S/c1-13-5-2-6-15(12)8-10-4-3-9(7-11)14-10/h3-4H,2,5-8,11H2,1H3. The van der Waals surface area contributed by atoms with Crippen molar-refractivity contribution < 1.29 is 13.4 Å². The van der Waals surface area contributed by atoms with Crippen molar-refractivity contribution in [3.8, 4) is 0 Å². The van der Waals surface area contributed by atoms with Crippen LogP contribution in [0.15, 0.2) is 16.5 Å². The number of hydrogen-bond donors (Lipinski definition) is 1. The molecule has 1 aromatic rings. The lowest BCUT2D eigenvalue weighted by atomic mass is 10.4. The Morgan fingerprint density at radius 1 is 1.47 bits per heavy atom. The van der Waals surface area contributed by atoms with Gasteiger partial charge in [-0.15, -0.1) is 0 Å². The van der Waals surface area contributed by atoms with Crippen molar-refractivity contribution in [2.24, 2.45) is 5.73 Å². The number of nitrogens with two attached hydrogens (primary N) is 1. The van der Waals surface area contributed by atoms with Gasteiger partial charge < -0.3 is 14.9 Å². The van der Waals surface area contributed by atoms with Crippen molar-refractivity contribution in [3.05, 3.63) is 23.7 Å². The molecule has 0 bridgehead atoms. The van der Waals surface area contributed by atoms with Gasteiger partial charge >= 0.3 is 0 Å². The topological polar surface area (TPSA) is 65.5 Å². The third-order valence-corrected chi connectivity index (χ3v) is 3.29. The van der Waals surface area contributed by atoms with Crippen molar-refractivity contribution in [3.63, 3.8) is 0 Å². The molecule has 0 saturated carbocycles. The number of hydrogen-bond acceptors (Lipinski definition) is 4. The molecule has 4 nitrogen and oxygen atoms in total. The van der Waals surface area contributed by atoms with E-state index in [0.717, 1.165) is 17.9 Å². The van der Waals surface area contributed by atoms with Gasteiger partial charge in [-0.2, -0.15) is 0 Å². The Kier molecular flexibility index (Phi) is 5.60. The first kappa shape index (κ1) is 12.4. The van der Waals surface area contributed by atoms with Gasteiger partial charge in [-0.05, 0) is 18.6 Å². The highest BCUT2D eigenvalue weighted by Crippen LogP contribution is 2.09. The lowest BCUT2D eigenvalue weighted by molar-refractivity contribution is 0.200. The molecule has 0 amide bonds. The summed E-state index contributed by atoms with van der Waals surface area (Å²) >= 11 is 0. The van der Waals surface area contributed by atoms with Gasteiger partial charge in [-0.1, -0.05) is 0 Å². The zero-order valence-electron chi connectivity index (χ0n) is 8.90. The SMILES string of the molecule is COCCCS(=O)Cc1ccc(CN)o1. The maximum atomic E-state index is 11.5. The minimum atomic E-state index is -0.876. The third-order valence-electron chi connectivity index (χ3n) is 1.94. The highest BCUT2D eigenvalue weighted by Gasteiger charge is 2.05. The van der Waals surface area contributed by atoms with Gasteiger partial charge in [0.05, 0.1) is 12.3 Å². The molecule has 0 saturated heterocycles. The van der Waals surface area contributed by atoms with E-state index in [1.165, 1.54) is 0 Å². The molecule has 15 heavy (non-hydrogen) atoms. The fourth-order valence-electron chi connectivity index (χ4n) is 1.20. The molecule has 86 valence electrons. The lowest BCUT2D eigenvalue weighted by Gasteiger charge is -1.99. The van der Waals surface area contributed by atoms with Crippen LogP contribution in [0.4, 0.5) is 0 Å². The molecule has 1 heterocycles. The number of rotatable bonds is 7. The van der Waals surface area contributed by atoms with Crippen LogP contribution in [0, 0.1) is 0 Å². The van der Waals surface area contributed by atoms with Crippen LogP contribution in [0.1, 0.15) is 17.9 Å². The summed E-state index contributed by atoms with van der Waals surface area (Å²) in [6.07, 6.45) is 0.813. The minimum absolute atomic E-state index is 0.385. The van der Waals surface area contributed by atoms with Gasteiger partial charge in [-0.3, -0.25) is 4.21 Å². The first-order chi connectivity index (χ1) is 7.26. The highest BCUT2D eigenvalue weighted by molar-refractivity contribution is 7.84. The van der Waals surface area contributed by atoms with Crippen LogP contribution >= 0.6 is 0 Å². The third kappa shape index (κ3) is 4.59. The molecule has 0 spiro atoms. The predicted octanol–water partition coefficient (Wildman–Crippen LogP) is 1.02. The van der Waals surface area contributed by atoms with Gasteiger partial charge in [0.2, 0.25) is 0 Å². The maximum Gasteiger partial charge on any atom is 0.117 e. The summed E-state index contributed by atoms with van der Waals surface area (Å²) in [6, 6.07) is 3.65. The van der Waals surface area contributed by atoms with E-state index in [9.17, 15) is 4.21 Å². The minimum Gasteiger partial charge on any atom is -0.464 e. The fourth-order valence-corrected chi connectivity index (χ4v) is 2.26. The molecular weight excluding hydrogens is 214 g/mol. The summed E-state index contributed by atoms with van der Waals surface area (Å²) in [5.41, 5.74) is 5.41. The second kappa shape index (κ2) is 6.76. The molecule has 0 aliphatic heterocycles. The Hall–Kier alpha value is -0.650. The molecule has 0 aliphatic carbocycles. The Labute approximate surface area is 92.2 Å². The Morgan fingerprint density at radius 3 is 2.80 bits per heavy atom. The predicted molar refractivity (Wildman–Crippen MR) is 59.8 cm³/mol. The van der Waals surface area contributed by atoms with Gasteiger partial charge in [-0.25, -0.2) is 0 Å². The molecule has 1 unspecified atom stereocenters. The molecule has 1 aromatic heterocycles. The Bertz CT molecular complexity index is 311. The average Bonchev–Trinajstić information content (AvgIpc) is 2.66. The number of methoxy groups -OCH3 is 1. The fraction of sp³-hybridized carbons (Fsp3) is 0.600. The van der Waals surface area contributed by atoms with Gasteiger partial charge in [0, 0.05) is 30.3 Å². The molecule has 0 aromatic carbocycles. The van der Waals surface area contributed by atoms with Crippen LogP contribution in [0.5, 0.6) is 0 Å². The van der Waals surface area contributed by atoms with E-state index in [-0.39, 0.29) is 0 Å². The van der Waals surface area contributed by atoms with Crippen molar-refractivity contribution >= 4 is 10.8 Å². The largest absolute Gasteiger partial charge is 0.464 e. The molecule has 5 heteroatoms. The average molecular weight is 231 g/mol. The molecule has 0 radical (unpaired) electrons. The summed E-state index contributed by atoms with van der Waals surface area (Å²) < 4.78 is 21.8. The summed E-state index contributed by atoms with van der Waals surface area (Å²) in [6.45, 7) is 1.04. The van der Waals surface area contributed by atoms with Crippen molar-refractivity contribution in [2.45, 2.75) is 18.7 Å². The number of ether oxygens (including phenoxy) is 1. The molecule has 0 aliphatic rings. The highest BCUT2D eigenvalue weighted by atomic mass is 32.2. The Morgan fingerprint density at radius 2 is 2.20 bits per heavy atom. The normalized spacial score (nSPS) is 12.9. The molecule has 2 N–H and O–H groups in total. The Balaban J connectivity index is 2.31. The van der Waals surface area contributed by atoms with Crippen LogP contribution < -0.4 is 5.73 Å². The monoisotopic (exact) mass is 231 g/mol. The van der Waals surface area contributed by atoms with E-state index < -0.39 is 10.8 Å². The van der Waals surface area contributed by atoms with E-state index in [0.29, 0.717) is 24.7 Å². The molecular formula is C10H17NO3S. The van der Waals surface area contributed by atoms with Crippen molar-refractivity contribution in [1.29, 1.82) is 0 Å². The first-order valence-electron chi connectivity index (χ1n) is 4.88. The zero-order chi connectivity index (χ0) is 11.1. The first-order valence-corrected chi connectivity index (χ1v) is 6.36. The van der Waals surface area contributed by atoms with Crippen LogP contribution in [-0.2, 0) is 27.8 Å². The van der Waals surface area contributed by atoms with E-state index in [1.807, 2.05) is 12.1 Å². The second-order valence-corrected chi connectivity index (χ2v) is 4.78. The van der Waals surface area contributed by atoms with Gasteiger partial charge in [0.25, 0.3) is 0 Å². The quantitative estimate of drug-likeness (QED) is 0.712. The molecule has 1 atom stereocenters. The summed E-state index contributed by atoms with van der Waals surface area (Å²) in [5.74, 6) is 2.58. The molecule has 1 rings (SSSR count). The smallest absolute Gasteiger partial charge is 0.117 e. The second-order valence-electron chi connectivity index (χ2n) is 3.21.